The molecule has 6 nitrogen and oxygen atoms in total. The lowest BCUT2D eigenvalue weighted by atomic mass is 9.85. The quantitative estimate of drug-likeness (QED) is 0.764. The lowest BCUT2D eigenvalue weighted by molar-refractivity contribution is -0.116. The molecule has 2 aromatic heterocycles. The Hall–Kier alpha value is -2.80. The van der Waals surface area contributed by atoms with E-state index in [0.717, 1.165) is 5.56 Å². The maximum atomic E-state index is 14.3. The number of nitrogens with one attached hydrogen (secondary N) is 1. The number of anilines is 1. The minimum absolute atomic E-state index is 0.159. The van der Waals surface area contributed by atoms with Crippen molar-refractivity contribution in [1.82, 2.24) is 20.0 Å². The molecule has 8 heteroatoms. The maximum absolute atomic E-state index is 14.3. The summed E-state index contributed by atoms with van der Waals surface area (Å²) in [7, 11) is 0. The number of amides is 1. The molecule has 1 N–H and O–H groups in total. The highest BCUT2D eigenvalue weighted by Gasteiger charge is 2.34. The van der Waals surface area contributed by atoms with Crippen LogP contribution in [0.3, 0.4) is 0 Å². The Kier molecular flexibility index (Phi) is 3.73. The van der Waals surface area contributed by atoms with E-state index in [4.69, 9.17) is 11.6 Å². The number of hydrogen-bond acceptors (Lipinski definition) is 4. The molecular weight excluding hydrogens is 345 g/mol. The van der Waals surface area contributed by atoms with E-state index in [1.807, 2.05) is 6.92 Å². The van der Waals surface area contributed by atoms with E-state index in [0.29, 0.717) is 22.9 Å². The summed E-state index contributed by atoms with van der Waals surface area (Å²) >= 11 is 5.78. The van der Waals surface area contributed by atoms with E-state index < -0.39 is 5.92 Å². The van der Waals surface area contributed by atoms with Crippen molar-refractivity contribution in [2.75, 3.05) is 5.32 Å². The molecule has 0 spiro atoms. The first-order valence-corrected chi connectivity index (χ1v) is 8.06. The number of hydrogen-bond donors (Lipinski definition) is 1. The molecule has 1 aromatic carbocycles. The third kappa shape index (κ3) is 2.66. The van der Waals surface area contributed by atoms with Gasteiger partial charge < -0.3 is 5.32 Å². The number of benzene rings is 1. The Labute approximate surface area is 147 Å². The predicted octanol–water partition coefficient (Wildman–Crippen LogP) is 3.24. The summed E-state index contributed by atoms with van der Waals surface area (Å²) in [5.74, 6) is -0.0452. The lowest BCUT2D eigenvalue weighted by Gasteiger charge is -2.24. The van der Waals surface area contributed by atoms with Gasteiger partial charge in [-0.3, -0.25) is 4.79 Å². The molecule has 126 valence electrons. The van der Waals surface area contributed by atoms with Gasteiger partial charge in [0.05, 0.1) is 5.69 Å². The summed E-state index contributed by atoms with van der Waals surface area (Å²) in [6, 6.07) is 9.72. The molecule has 0 saturated heterocycles. The molecule has 1 amide bonds. The Morgan fingerprint density at radius 3 is 2.76 bits per heavy atom. The van der Waals surface area contributed by atoms with Crippen molar-refractivity contribution in [2.24, 2.45) is 0 Å². The van der Waals surface area contributed by atoms with Crippen LogP contribution in [0, 0.1) is 12.7 Å². The SMILES string of the molecule is Cc1nn(-c2ccc(Cl)nn2)c2c1[C@H](c1ccccc1F)CC(=O)N2. The third-order valence-corrected chi connectivity index (χ3v) is 4.42. The summed E-state index contributed by atoms with van der Waals surface area (Å²) in [5, 5.41) is 15.4. The summed E-state index contributed by atoms with van der Waals surface area (Å²) in [4.78, 5) is 12.2. The van der Waals surface area contributed by atoms with Crippen LogP contribution in [0.2, 0.25) is 5.15 Å². The molecule has 1 aliphatic rings. The smallest absolute Gasteiger partial charge is 0.226 e. The Morgan fingerprint density at radius 2 is 2.04 bits per heavy atom. The van der Waals surface area contributed by atoms with Crippen LogP contribution in [0.4, 0.5) is 10.2 Å². The number of rotatable bonds is 2. The fraction of sp³-hybridized carbons (Fsp3) is 0.176. The van der Waals surface area contributed by atoms with Crippen LogP contribution in [0.5, 0.6) is 0 Å². The highest BCUT2D eigenvalue weighted by atomic mass is 35.5. The van der Waals surface area contributed by atoms with Crippen molar-refractivity contribution in [3.05, 3.63) is 64.2 Å². The Morgan fingerprint density at radius 1 is 1.24 bits per heavy atom. The van der Waals surface area contributed by atoms with E-state index >= 15 is 0 Å². The second kappa shape index (κ2) is 5.93. The number of halogens is 2. The molecule has 0 radical (unpaired) electrons. The number of carbonyl (C=O) groups excluding carboxylic acids is 1. The number of carbonyl (C=O) groups is 1. The standard InChI is InChI=1S/C17H13ClFN5O/c1-9-16-11(10-4-2-3-5-12(10)19)8-15(25)20-17(16)24(23-9)14-7-6-13(18)21-22-14/h2-7,11H,8H2,1H3,(H,20,25)/t11-/m0/s1. The monoisotopic (exact) mass is 357 g/mol. The van der Waals surface area contributed by atoms with Gasteiger partial charge in [-0.15, -0.1) is 10.2 Å². The zero-order valence-electron chi connectivity index (χ0n) is 13.2. The zero-order chi connectivity index (χ0) is 17.6. The number of fused-ring (bicyclic) bond motifs is 1. The predicted molar refractivity (Wildman–Crippen MR) is 90.4 cm³/mol. The fourth-order valence-electron chi connectivity index (χ4n) is 3.16. The minimum atomic E-state index is -0.404. The number of nitrogens with zero attached hydrogens (tertiary/aromatic N) is 4. The van der Waals surface area contributed by atoms with Crippen molar-refractivity contribution < 1.29 is 9.18 Å². The molecule has 25 heavy (non-hydrogen) atoms. The first kappa shape index (κ1) is 15.7. The molecule has 0 saturated carbocycles. The molecule has 0 aliphatic carbocycles. The molecule has 3 heterocycles. The summed E-state index contributed by atoms with van der Waals surface area (Å²) in [6.45, 7) is 1.82. The van der Waals surface area contributed by atoms with Crippen molar-refractivity contribution in [3.8, 4) is 5.82 Å². The van der Waals surface area contributed by atoms with Crippen molar-refractivity contribution in [3.63, 3.8) is 0 Å². The van der Waals surface area contributed by atoms with E-state index in [9.17, 15) is 9.18 Å². The van der Waals surface area contributed by atoms with Crippen LogP contribution < -0.4 is 5.32 Å². The lowest BCUT2D eigenvalue weighted by Crippen LogP contribution is -2.25. The third-order valence-electron chi connectivity index (χ3n) is 4.22. The molecule has 3 aromatic rings. The highest BCUT2D eigenvalue weighted by molar-refractivity contribution is 6.29. The zero-order valence-corrected chi connectivity index (χ0v) is 14.0. The van der Waals surface area contributed by atoms with Gasteiger partial charge in [-0.1, -0.05) is 29.8 Å². The Bertz CT molecular complexity index is 970. The molecular formula is C17H13ClFN5O. The van der Waals surface area contributed by atoms with Gasteiger partial charge >= 0.3 is 0 Å². The van der Waals surface area contributed by atoms with Gasteiger partial charge in [-0.25, -0.2) is 4.39 Å². The summed E-state index contributed by atoms with van der Waals surface area (Å²) < 4.78 is 15.8. The fourth-order valence-corrected chi connectivity index (χ4v) is 3.26. The van der Waals surface area contributed by atoms with Gasteiger partial charge in [0.25, 0.3) is 0 Å². The van der Waals surface area contributed by atoms with Crippen molar-refractivity contribution >= 4 is 23.3 Å². The topological polar surface area (TPSA) is 72.7 Å². The first-order chi connectivity index (χ1) is 12.0. The van der Waals surface area contributed by atoms with Crippen LogP contribution in [0.1, 0.15) is 29.2 Å². The van der Waals surface area contributed by atoms with E-state index in [2.05, 4.69) is 20.6 Å². The van der Waals surface area contributed by atoms with Crippen LogP contribution in [-0.4, -0.2) is 25.9 Å². The highest BCUT2D eigenvalue weighted by Crippen LogP contribution is 2.40. The molecule has 4 rings (SSSR count). The van der Waals surface area contributed by atoms with Gasteiger partial charge in [0, 0.05) is 17.9 Å². The van der Waals surface area contributed by atoms with Crippen LogP contribution in [0.15, 0.2) is 36.4 Å². The normalized spacial score (nSPS) is 16.4. The molecule has 1 aliphatic heterocycles. The first-order valence-electron chi connectivity index (χ1n) is 7.68. The molecule has 0 unspecified atom stereocenters. The van der Waals surface area contributed by atoms with Crippen LogP contribution in [0.25, 0.3) is 5.82 Å². The van der Waals surface area contributed by atoms with Gasteiger partial charge in [-0.05, 0) is 30.7 Å². The number of aromatic nitrogens is 4. The van der Waals surface area contributed by atoms with Crippen molar-refractivity contribution in [1.29, 1.82) is 0 Å². The van der Waals surface area contributed by atoms with Gasteiger partial charge in [-0.2, -0.15) is 9.78 Å². The molecule has 1 atom stereocenters. The molecule has 0 bridgehead atoms. The van der Waals surface area contributed by atoms with Gasteiger partial charge in [0.2, 0.25) is 5.91 Å². The molecule has 0 fully saturated rings. The largest absolute Gasteiger partial charge is 0.310 e. The van der Waals surface area contributed by atoms with E-state index in [-0.39, 0.29) is 23.3 Å². The average molecular weight is 358 g/mol. The van der Waals surface area contributed by atoms with E-state index in [1.165, 1.54) is 10.7 Å². The number of aryl methyl sites for hydroxylation is 1. The van der Waals surface area contributed by atoms with Crippen LogP contribution in [-0.2, 0) is 4.79 Å². The van der Waals surface area contributed by atoms with Gasteiger partial charge in [0.15, 0.2) is 11.0 Å². The minimum Gasteiger partial charge on any atom is -0.310 e. The van der Waals surface area contributed by atoms with E-state index in [1.54, 1.807) is 30.3 Å². The second-order valence-electron chi connectivity index (χ2n) is 5.80. The Balaban J connectivity index is 1.89. The van der Waals surface area contributed by atoms with Crippen LogP contribution >= 0.6 is 11.6 Å². The maximum Gasteiger partial charge on any atom is 0.226 e. The van der Waals surface area contributed by atoms with Gasteiger partial charge in [0.1, 0.15) is 11.6 Å². The van der Waals surface area contributed by atoms with Crippen molar-refractivity contribution in [2.45, 2.75) is 19.3 Å². The second-order valence-corrected chi connectivity index (χ2v) is 6.19. The average Bonchev–Trinajstić information content (AvgIpc) is 2.92. The summed E-state index contributed by atoms with van der Waals surface area (Å²) in [6.07, 6.45) is 0.159. The summed E-state index contributed by atoms with van der Waals surface area (Å²) in [5.41, 5.74) is 1.95.